The van der Waals surface area contributed by atoms with Gasteiger partial charge in [0.1, 0.15) is 12.4 Å². The Labute approximate surface area is 146 Å². The highest BCUT2D eigenvalue weighted by molar-refractivity contribution is 5.96. The van der Waals surface area contributed by atoms with Crippen LogP contribution in [0.1, 0.15) is 13.8 Å². The number of nitrogens with zero attached hydrogens (tertiary/aromatic N) is 2. The summed E-state index contributed by atoms with van der Waals surface area (Å²) in [5.74, 6) is -0.636. The molecule has 8 heteroatoms. The summed E-state index contributed by atoms with van der Waals surface area (Å²) in [6.07, 6.45) is -0.496. The molecular formula is C17H24FN3O4. The van der Waals surface area contributed by atoms with Crippen molar-refractivity contribution in [2.75, 3.05) is 44.3 Å². The first kappa shape index (κ1) is 19.1. The summed E-state index contributed by atoms with van der Waals surface area (Å²) in [6, 6.07) is 5.43. The van der Waals surface area contributed by atoms with Crippen molar-refractivity contribution < 1.29 is 23.5 Å². The lowest BCUT2D eigenvalue weighted by molar-refractivity contribution is -0.140. The number of hydrogen-bond acceptors (Lipinski definition) is 4. The highest BCUT2D eigenvalue weighted by atomic mass is 19.1. The van der Waals surface area contributed by atoms with E-state index in [-0.39, 0.29) is 30.8 Å². The van der Waals surface area contributed by atoms with Gasteiger partial charge < -0.3 is 19.7 Å². The van der Waals surface area contributed by atoms with Gasteiger partial charge in [0.25, 0.3) is 0 Å². The fourth-order valence-electron chi connectivity index (χ4n) is 2.55. The second-order valence-corrected chi connectivity index (χ2v) is 5.48. The Morgan fingerprint density at radius 1 is 1.20 bits per heavy atom. The quantitative estimate of drug-likeness (QED) is 0.685. The molecule has 1 aromatic carbocycles. The van der Waals surface area contributed by atoms with Gasteiger partial charge in [-0.3, -0.25) is 9.69 Å². The van der Waals surface area contributed by atoms with Crippen molar-refractivity contribution in [2.24, 2.45) is 0 Å². The van der Waals surface area contributed by atoms with Gasteiger partial charge in [-0.1, -0.05) is 0 Å². The number of hydrogen-bond donors (Lipinski definition) is 1. The molecule has 0 spiro atoms. The summed E-state index contributed by atoms with van der Waals surface area (Å²) >= 11 is 0. The molecular weight excluding hydrogens is 329 g/mol. The molecule has 0 unspecified atom stereocenters. The number of halogens is 1. The Balaban J connectivity index is 1.83. The van der Waals surface area contributed by atoms with Crippen LogP contribution >= 0.6 is 0 Å². The molecule has 0 aromatic heterocycles. The number of ether oxygens (including phenoxy) is 2. The van der Waals surface area contributed by atoms with E-state index in [1.54, 1.807) is 12.1 Å². The maximum absolute atomic E-state index is 13.0. The van der Waals surface area contributed by atoms with E-state index in [9.17, 15) is 14.0 Å². The lowest BCUT2D eigenvalue weighted by atomic mass is 10.3. The van der Waals surface area contributed by atoms with Gasteiger partial charge in [-0.25, -0.2) is 9.18 Å². The van der Waals surface area contributed by atoms with Crippen LogP contribution in [-0.4, -0.2) is 62.5 Å². The van der Waals surface area contributed by atoms with Gasteiger partial charge in [-0.15, -0.1) is 0 Å². The highest BCUT2D eigenvalue weighted by Crippen LogP contribution is 2.20. The SMILES string of the molecule is CCOC(CNC(=O)CN1CCN(c2ccc(F)cc2)C1=O)OCC. The van der Waals surface area contributed by atoms with Gasteiger partial charge in [0, 0.05) is 32.0 Å². The van der Waals surface area contributed by atoms with E-state index in [4.69, 9.17) is 9.47 Å². The van der Waals surface area contributed by atoms with Gasteiger partial charge in [-0.2, -0.15) is 0 Å². The van der Waals surface area contributed by atoms with Crippen LogP contribution in [0.3, 0.4) is 0 Å². The van der Waals surface area contributed by atoms with Crippen molar-refractivity contribution in [2.45, 2.75) is 20.1 Å². The van der Waals surface area contributed by atoms with Gasteiger partial charge in [0.2, 0.25) is 5.91 Å². The predicted octanol–water partition coefficient (Wildman–Crippen LogP) is 1.58. The van der Waals surface area contributed by atoms with Gasteiger partial charge in [0.05, 0.1) is 6.54 Å². The number of carbonyl (C=O) groups excluding carboxylic acids is 2. The van der Waals surface area contributed by atoms with Crippen molar-refractivity contribution in [3.05, 3.63) is 30.1 Å². The van der Waals surface area contributed by atoms with Gasteiger partial charge >= 0.3 is 6.03 Å². The van der Waals surface area contributed by atoms with Crippen molar-refractivity contribution in [1.29, 1.82) is 0 Å². The van der Waals surface area contributed by atoms with E-state index >= 15 is 0 Å². The molecule has 0 atom stereocenters. The third-order valence-electron chi connectivity index (χ3n) is 3.74. The molecule has 138 valence electrons. The first-order chi connectivity index (χ1) is 12.0. The molecule has 0 aliphatic carbocycles. The molecule has 2 rings (SSSR count). The van der Waals surface area contributed by atoms with E-state index in [1.165, 1.54) is 21.9 Å². The maximum Gasteiger partial charge on any atom is 0.325 e. The molecule has 1 N–H and O–H groups in total. The Morgan fingerprint density at radius 3 is 2.44 bits per heavy atom. The standard InChI is InChI=1S/C17H24FN3O4/c1-3-24-16(25-4-2)11-19-15(22)12-20-9-10-21(17(20)23)14-7-5-13(18)6-8-14/h5-8,16H,3-4,9-12H2,1-2H3,(H,19,22). The van der Waals surface area contributed by atoms with Crippen LogP contribution in [-0.2, 0) is 14.3 Å². The topological polar surface area (TPSA) is 71.1 Å². The summed E-state index contributed by atoms with van der Waals surface area (Å²) in [5, 5.41) is 2.71. The number of benzene rings is 1. The lowest BCUT2D eigenvalue weighted by Gasteiger charge is -2.20. The normalized spacial score (nSPS) is 14.5. The third-order valence-corrected chi connectivity index (χ3v) is 3.74. The number of urea groups is 1. The number of carbonyl (C=O) groups is 2. The second-order valence-electron chi connectivity index (χ2n) is 5.48. The maximum atomic E-state index is 13.0. The minimum atomic E-state index is -0.496. The Bertz CT molecular complexity index is 576. The van der Waals surface area contributed by atoms with E-state index in [0.717, 1.165) is 0 Å². The zero-order valence-corrected chi connectivity index (χ0v) is 14.5. The Kier molecular flexibility index (Phi) is 7.15. The van der Waals surface area contributed by atoms with Crippen LogP contribution in [0.15, 0.2) is 24.3 Å². The van der Waals surface area contributed by atoms with Crippen molar-refractivity contribution in [3.8, 4) is 0 Å². The minimum Gasteiger partial charge on any atom is -0.351 e. The summed E-state index contributed by atoms with van der Waals surface area (Å²) in [4.78, 5) is 27.4. The highest BCUT2D eigenvalue weighted by Gasteiger charge is 2.30. The summed E-state index contributed by atoms with van der Waals surface area (Å²) in [5.41, 5.74) is 0.613. The molecule has 3 amide bonds. The third kappa shape index (κ3) is 5.40. The first-order valence-electron chi connectivity index (χ1n) is 8.37. The summed E-state index contributed by atoms with van der Waals surface area (Å²) in [7, 11) is 0. The van der Waals surface area contributed by atoms with Crippen LogP contribution in [0, 0.1) is 5.82 Å². The summed E-state index contributed by atoms with van der Waals surface area (Å²) < 4.78 is 23.7. The molecule has 0 saturated carbocycles. The van der Waals surface area contributed by atoms with Gasteiger partial charge in [-0.05, 0) is 38.1 Å². The van der Waals surface area contributed by atoms with Crippen molar-refractivity contribution in [3.63, 3.8) is 0 Å². The average Bonchev–Trinajstić information content (AvgIpc) is 2.95. The number of nitrogens with one attached hydrogen (secondary N) is 1. The van der Waals surface area contributed by atoms with E-state index < -0.39 is 6.29 Å². The van der Waals surface area contributed by atoms with Crippen LogP contribution in [0.2, 0.25) is 0 Å². The van der Waals surface area contributed by atoms with Crippen LogP contribution in [0.5, 0.6) is 0 Å². The van der Waals surface area contributed by atoms with E-state index in [1.807, 2.05) is 13.8 Å². The van der Waals surface area contributed by atoms with Crippen molar-refractivity contribution >= 4 is 17.6 Å². The van der Waals surface area contributed by atoms with Gasteiger partial charge in [0.15, 0.2) is 6.29 Å². The fourth-order valence-corrected chi connectivity index (χ4v) is 2.55. The smallest absolute Gasteiger partial charge is 0.325 e. The monoisotopic (exact) mass is 353 g/mol. The van der Waals surface area contributed by atoms with E-state index in [2.05, 4.69) is 5.32 Å². The van der Waals surface area contributed by atoms with Crippen LogP contribution in [0.4, 0.5) is 14.9 Å². The average molecular weight is 353 g/mol. The number of rotatable bonds is 9. The Hall–Kier alpha value is -2.19. The molecule has 1 aliphatic heterocycles. The fraction of sp³-hybridized carbons (Fsp3) is 0.529. The number of amides is 3. The van der Waals surface area contributed by atoms with Crippen molar-refractivity contribution in [1.82, 2.24) is 10.2 Å². The molecule has 1 saturated heterocycles. The molecule has 0 radical (unpaired) electrons. The molecule has 7 nitrogen and oxygen atoms in total. The molecule has 0 bridgehead atoms. The zero-order valence-electron chi connectivity index (χ0n) is 14.5. The Morgan fingerprint density at radius 2 is 1.84 bits per heavy atom. The molecule has 1 fully saturated rings. The molecule has 1 heterocycles. The molecule has 1 aromatic rings. The largest absolute Gasteiger partial charge is 0.351 e. The molecule has 25 heavy (non-hydrogen) atoms. The number of anilines is 1. The molecule has 1 aliphatic rings. The van der Waals surface area contributed by atoms with E-state index in [0.29, 0.717) is 32.0 Å². The second kappa shape index (κ2) is 9.33. The zero-order chi connectivity index (χ0) is 18.2. The lowest BCUT2D eigenvalue weighted by Crippen LogP contribution is -2.43. The first-order valence-corrected chi connectivity index (χ1v) is 8.37. The minimum absolute atomic E-state index is 0.0402. The predicted molar refractivity (Wildman–Crippen MR) is 90.8 cm³/mol. The summed E-state index contributed by atoms with van der Waals surface area (Å²) in [6.45, 7) is 5.74. The van der Waals surface area contributed by atoms with Crippen LogP contribution in [0.25, 0.3) is 0 Å². The van der Waals surface area contributed by atoms with Crippen LogP contribution < -0.4 is 10.2 Å².